The van der Waals surface area contributed by atoms with Crippen molar-refractivity contribution in [1.29, 1.82) is 0 Å². The molecule has 1 aromatic rings. The number of nitrogens with one attached hydrogen (secondary N) is 2. The predicted octanol–water partition coefficient (Wildman–Crippen LogP) is 4.56. The molecule has 0 radical (unpaired) electrons. The van der Waals surface area contributed by atoms with Crippen LogP contribution in [0.4, 0.5) is 5.69 Å². The first kappa shape index (κ1) is 18.1. The maximum absolute atomic E-state index is 11.9. The summed E-state index contributed by atoms with van der Waals surface area (Å²) in [6, 6.07) is 7.57. The monoisotopic (exact) mass is 448 g/mol. The number of carbonyl (C=O) groups is 1. The van der Waals surface area contributed by atoms with E-state index >= 15 is 0 Å². The number of carbonyl (C=O) groups excluding carboxylic acids is 1. The SMILES string of the molecule is CC(C)CC(=O)N[C@H](Nc1ccccc1I)C(Cl)(Cl)Cl. The Kier molecular flexibility index (Phi) is 7.18. The van der Waals surface area contributed by atoms with E-state index in [-0.39, 0.29) is 11.8 Å². The molecule has 0 unspecified atom stereocenters. The third-order valence-corrected chi connectivity index (χ3v) is 4.00. The Balaban J connectivity index is 2.81. The predicted molar refractivity (Wildman–Crippen MR) is 94.5 cm³/mol. The van der Waals surface area contributed by atoms with Gasteiger partial charge in [0.25, 0.3) is 0 Å². The van der Waals surface area contributed by atoms with Gasteiger partial charge in [0.2, 0.25) is 9.70 Å². The minimum atomic E-state index is -1.65. The van der Waals surface area contributed by atoms with Crippen molar-refractivity contribution in [3.63, 3.8) is 0 Å². The van der Waals surface area contributed by atoms with Crippen LogP contribution >= 0.6 is 57.4 Å². The molecule has 0 bridgehead atoms. The lowest BCUT2D eigenvalue weighted by molar-refractivity contribution is -0.122. The van der Waals surface area contributed by atoms with Gasteiger partial charge in [0.05, 0.1) is 0 Å². The van der Waals surface area contributed by atoms with Gasteiger partial charge in [-0.05, 0) is 40.6 Å². The van der Waals surface area contributed by atoms with Gasteiger partial charge in [0, 0.05) is 15.7 Å². The van der Waals surface area contributed by atoms with Gasteiger partial charge in [0.1, 0.15) is 6.17 Å². The number of hydrogen-bond acceptors (Lipinski definition) is 2. The summed E-state index contributed by atoms with van der Waals surface area (Å²) in [6.07, 6.45) is -0.417. The fourth-order valence-electron chi connectivity index (χ4n) is 1.52. The molecule has 0 aliphatic rings. The van der Waals surface area contributed by atoms with Crippen molar-refractivity contribution >= 4 is 69.0 Å². The first-order valence-corrected chi connectivity index (χ1v) is 8.28. The molecule has 0 saturated carbocycles. The number of benzene rings is 1. The highest BCUT2D eigenvalue weighted by molar-refractivity contribution is 14.1. The zero-order chi connectivity index (χ0) is 15.3. The number of amides is 1. The lowest BCUT2D eigenvalue weighted by atomic mass is 10.1. The average Bonchev–Trinajstić information content (AvgIpc) is 2.28. The van der Waals surface area contributed by atoms with Crippen LogP contribution in [0.25, 0.3) is 0 Å². The minimum Gasteiger partial charge on any atom is -0.361 e. The molecule has 0 spiro atoms. The van der Waals surface area contributed by atoms with E-state index in [1.165, 1.54) is 0 Å². The molecule has 0 aliphatic heterocycles. The van der Waals surface area contributed by atoms with E-state index in [1.807, 2.05) is 38.1 Å². The summed E-state index contributed by atoms with van der Waals surface area (Å²) in [6.45, 7) is 3.91. The van der Waals surface area contributed by atoms with Crippen molar-refractivity contribution in [1.82, 2.24) is 5.32 Å². The van der Waals surface area contributed by atoms with Gasteiger partial charge in [-0.2, -0.15) is 0 Å². The number of anilines is 1. The number of alkyl halides is 3. The van der Waals surface area contributed by atoms with Crippen LogP contribution in [0.15, 0.2) is 24.3 Å². The van der Waals surface area contributed by atoms with E-state index in [0.717, 1.165) is 9.26 Å². The van der Waals surface area contributed by atoms with Gasteiger partial charge in [-0.25, -0.2) is 0 Å². The fourth-order valence-corrected chi connectivity index (χ4v) is 2.39. The fraction of sp³-hybridized carbons (Fsp3) is 0.462. The minimum absolute atomic E-state index is 0.158. The molecule has 1 aromatic carbocycles. The van der Waals surface area contributed by atoms with Gasteiger partial charge >= 0.3 is 0 Å². The van der Waals surface area contributed by atoms with E-state index in [4.69, 9.17) is 34.8 Å². The zero-order valence-corrected chi connectivity index (χ0v) is 15.5. The Bertz CT molecular complexity index is 463. The van der Waals surface area contributed by atoms with Crippen LogP contribution in [-0.4, -0.2) is 15.9 Å². The molecule has 0 heterocycles. The lowest BCUT2D eigenvalue weighted by Crippen LogP contribution is -2.49. The molecule has 1 rings (SSSR count). The van der Waals surface area contributed by atoms with Crippen LogP contribution in [0.3, 0.4) is 0 Å². The van der Waals surface area contributed by atoms with Crippen LogP contribution in [-0.2, 0) is 4.79 Å². The van der Waals surface area contributed by atoms with Gasteiger partial charge < -0.3 is 10.6 Å². The second kappa shape index (κ2) is 7.92. The summed E-state index contributed by atoms with van der Waals surface area (Å²) in [5.74, 6) is 0.0812. The quantitative estimate of drug-likeness (QED) is 0.393. The molecule has 0 aliphatic carbocycles. The van der Waals surface area contributed by atoms with Crippen LogP contribution in [0.1, 0.15) is 20.3 Å². The second-order valence-electron chi connectivity index (χ2n) is 4.76. The van der Waals surface area contributed by atoms with Crippen LogP contribution < -0.4 is 10.6 Å². The third kappa shape index (κ3) is 6.24. The molecule has 20 heavy (non-hydrogen) atoms. The van der Waals surface area contributed by atoms with E-state index in [1.54, 1.807) is 0 Å². The highest BCUT2D eigenvalue weighted by Gasteiger charge is 2.34. The van der Waals surface area contributed by atoms with Crippen molar-refractivity contribution in [2.45, 2.75) is 30.2 Å². The maximum atomic E-state index is 11.9. The molecule has 7 heteroatoms. The smallest absolute Gasteiger partial charge is 0.228 e. The maximum Gasteiger partial charge on any atom is 0.228 e. The van der Waals surface area contributed by atoms with Gasteiger partial charge in [-0.1, -0.05) is 60.8 Å². The number of para-hydroxylation sites is 1. The largest absolute Gasteiger partial charge is 0.361 e. The Morgan fingerprint density at radius 1 is 1.30 bits per heavy atom. The number of hydrogen-bond donors (Lipinski definition) is 2. The Labute approximate surface area is 147 Å². The van der Waals surface area contributed by atoms with Crippen LogP contribution in [0.2, 0.25) is 0 Å². The molecule has 112 valence electrons. The van der Waals surface area contributed by atoms with E-state index < -0.39 is 9.96 Å². The third-order valence-electron chi connectivity index (χ3n) is 2.40. The van der Waals surface area contributed by atoms with Crippen molar-refractivity contribution in [3.8, 4) is 0 Å². The molecule has 1 amide bonds. The van der Waals surface area contributed by atoms with E-state index in [0.29, 0.717) is 6.42 Å². The molecular weight excluding hydrogens is 433 g/mol. The molecule has 2 N–H and O–H groups in total. The summed E-state index contributed by atoms with van der Waals surface area (Å²) >= 11 is 20.0. The molecular formula is C13H16Cl3IN2O. The number of halogens is 4. The molecule has 0 aromatic heterocycles. The first-order valence-electron chi connectivity index (χ1n) is 6.07. The molecule has 0 saturated heterocycles. The van der Waals surface area contributed by atoms with Gasteiger partial charge in [-0.15, -0.1) is 0 Å². The molecule has 0 fully saturated rings. The highest BCUT2D eigenvalue weighted by Crippen LogP contribution is 2.32. The van der Waals surface area contributed by atoms with E-state index in [9.17, 15) is 4.79 Å². The van der Waals surface area contributed by atoms with Crippen molar-refractivity contribution in [3.05, 3.63) is 27.8 Å². The number of rotatable bonds is 5. The summed E-state index contributed by atoms with van der Waals surface area (Å²) in [7, 11) is 0. The van der Waals surface area contributed by atoms with Crippen molar-refractivity contribution in [2.75, 3.05) is 5.32 Å². The van der Waals surface area contributed by atoms with Crippen molar-refractivity contribution in [2.24, 2.45) is 5.92 Å². The van der Waals surface area contributed by atoms with Gasteiger partial charge in [-0.3, -0.25) is 4.79 Å². The first-order chi connectivity index (χ1) is 9.20. The van der Waals surface area contributed by atoms with Crippen LogP contribution in [0.5, 0.6) is 0 Å². The Hall–Kier alpha value is 0.0900. The lowest BCUT2D eigenvalue weighted by Gasteiger charge is -2.28. The van der Waals surface area contributed by atoms with Gasteiger partial charge in [0.15, 0.2) is 0 Å². The summed E-state index contributed by atoms with van der Waals surface area (Å²) in [4.78, 5) is 11.9. The Morgan fingerprint density at radius 3 is 2.40 bits per heavy atom. The van der Waals surface area contributed by atoms with Crippen molar-refractivity contribution < 1.29 is 4.79 Å². The zero-order valence-electron chi connectivity index (χ0n) is 11.1. The average molecular weight is 450 g/mol. The molecule has 1 atom stereocenters. The van der Waals surface area contributed by atoms with Crippen LogP contribution in [0, 0.1) is 9.49 Å². The summed E-state index contributed by atoms with van der Waals surface area (Å²) < 4.78 is -0.673. The normalized spacial score (nSPS) is 13.2. The summed E-state index contributed by atoms with van der Waals surface area (Å²) in [5, 5.41) is 5.77. The summed E-state index contributed by atoms with van der Waals surface area (Å²) in [5.41, 5.74) is 0.800. The second-order valence-corrected chi connectivity index (χ2v) is 8.30. The molecule has 3 nitrogen and oxygen atoms in total. The van der Waals surface area contributed by atoms with E-state index in [2.05, 4.69) is 33.2 Å². The highest BCUT2D eigenvalue weighted by atomic mass is 127. The standard InChI is InChI=1S/C13H16Cl3IN2O/c1-8(2)7-11(20)19-12(13(14,15)16)18-10-6-4-3-5-9(10)17/h3-6,8,12,18H,7H2,1-2H3,(H,19,20)/t12-/m0/s1. The topological polar surface area (TPSA) is 41.1 Å². The Morgan fingerprint density at radius 2 is 1.90 bits per heavy atom.